The van der Waals surface area contributed by atoms with Gasteiger partial charge in [0.25, 0.3) is 0 Å². The van der Waals surface area contributed by atoms with Crippen LogP contribution in [0.2, 0.25) is 0 Å². The van der Waals surface area contributed by atoms with Crippen molar-refractivity contribution in [3.63, 3.8) is 0 Å². The molecule has 0 fully saturated rings. The third-order valence-corrected chi connectivity index (χ3v) is 2.62. The van der Waals surface area contributed by atoms with E-state index in [1.54, 1.807) is 6.07 Å². The quantitative estimate of drug-likeness (QED) is 0.752. The van der Waals surface area contributed by atoms with Gasteiger partial charge in [0.2, 0.25) is 0 Å². The SMILES string of the molecule is CC(C)Oc1cc(I)cc(F)c1C(C)C. The first kappa shape index (κ1) is 12.7. The Kier molecular flexibility index (Phi) is 4.37. The third kappa shape index (κ3) is 3.33. The van der Waals surface area contributed by atoms with Crippen molar-refractivity contribution in [2.75, 3.05) is 0 Å². The van der Waals surface area contributed by atoms with E-state index in [4.69, 9.17) is 4.74 Å². The molecule has 1 rings (SSSR count). The summed E-state index contributed by atoms with van der Waals surface area (Å²) in [6.07, 6.45) is 0.0695. The van der Waals surface area contributed by atoms with Gasteiger partial charge in [-0.1, -0.05) is 13.8 Å². The standard InChI is InChI=1S/C12H16FIO/c1-7(2)12-10(13)5-9(14)6-11(12)15-8(3)4/h5-8H,1-4H3. The van der Waals surface area contributed by atoms with Crippen LogP contribution in [-0.4, -0.2) is 6.10 Å². The Bertz CT molecular complexity index is 348. The van der Waals surface area contributed by atoms with Gasteiger partial charge in [0.15, 0.2) is 0 Å². The second-order valence-electron chi connectivity index (χ2n) is 4.12. The first-order valence-corrected chi connectivity index (χ1v) is 6.15. The summed E-state index contributed by atoms with van der Waals surface area (Å²) in [6.45, 7) is 7.83. The number of ether oxygens (including phenoxy) is 1. The summed E-state index contributed by atoms with van der Waals surface area (Å²) in [6, 6.07) is 3.43. The van der Waals surface area contributed by atoms with Crippen LogP contribution in [-0.2, 0) is 0 Å². The lowest BCUT2D eigenvalue weighted by atomic mass is 10.0. The number of hydrogen-bond acceptors (Lipinski definition) is 1. The maximum absolute atomic E-state index is 13.7. The Morgan fingerprint density at radius 1 is 1.20 bits per heavy atom. The molecule has 0 spiro atoms. The minimum Gasteiger partial charge on any atom is -0.491 e. The normalized spacial score (nSPS) is 11.2. The predicted octanol–water partition coefficient (Wildman–Crippen LogP) is 4.34. The molecule has 0 unspecified atom stereocenters. The Labute approximate surface area is 104 Å². The molecular formula is C12H16FIO. The molecule has 0 heterocycles. The van der Waals surface area contributed by atoms with Gasteiger partial charge in [-0.2, -0.15) is 0 Å². The zero-order valence-electron chi connectivity index (χ0n) is 9.47. The number of halogens is 2. The van der Waals surface area contributed by atoms with Crippen molar-refractivity contribution in [2.24, 2.45) is 0 Å². The fourth-order valence-electron chi connectivity index (χ4n) is 1.47. The van der Waals surface area contributed by atoms with Crippen molar-refractivity contribution in [3.05, 3.63) is 27.1 Å². The maximum atomic E-state index is 13.7. The highest BCUT2D eigenvalue weighted by Gasteiger charge is 2.15. The molecule has 1 aromatic carbocycles. The van der Waals surface area contributed by atoms with E-state index < -0.39 is 0 Å². The van der Waals surface area contributed by atoms with Crippen LogP contribution in [0.25, 0.3) is 0 Å². The zero-order chi connectivity index (χ0) is 11.6. The first-order valence-electron chi connectivity index (χ1n) is 5.07. The Morgan fingerprint density at radius 2 is 1.80 bits per heavy atom. The average Bonchev–Trinajstić information content (AvgIpc) is 1.99. The van der Waals surface area contributed by atoms with Crippen LogP contribution in [0.5, 0.6) is 5.75 Å². The maximum Gasteiger partial charge on any atom is 0.131 e. The smallest absolute Gasteiger partial charge is 0.131 e. The van der Waals surface area contributed by atoms with Crippen LogP contribution in [0.15, 0.2) is 12.1 Å². The zero-order valence-corrected chi connectivity index (χ0v) is 11.6. The Balaban J connectivity index is 3.20. The topological polar surface area (TPSA) is 9.23 Å². The van der Waals surface area contributed by atoms with Crippen LogP contribution in [0, 0.1) is 9.39 Å². The van der Waals surface area contributed by atoms with Crippen LogP contribution >= 0.6 is 22.6 Å². The lowest BCUT2D eigenvalue weighted by Gasteiger charge is -2.17. The van der Waals surface area contributed by atoms with E-state index >= 15 is 0 Å². The van der Waals surface area contributed by atoms with Gasteiger partial charge in [0, 0.05) is 9.13 Å². The van der Waals surface area contributed by atoms with Gasteiger partial charge in [-0.25, -0.2) is 4.39 Å². The van der Waals surface area contributed by atoms with Crippen molar-refractivity contribution in [3.8, 4) is 5.75 Å². The van der Waals surface area contributed by atoms with Crippen LogP contribution < -0.4 is 4.74 Å². The van der Waals surface area contributed by atoms with Gasteiger partial charge in [-0.3, -0.25) is 0 Å². The van der Waals surface area contributed by atoms with E-state index in [1.165, 1.54) is 0 Å². The molecule has 1 aromatic rings. The largest absolute Gasteiger partial charge is 0.491 e. The minimum atomic E-state index is -0.174. The summed E-state index contributed by atoms with van der Waals surface area (Å²) in [4.78, 5) is 0. The van der Waals surface area contributed by atoms with Gasteiger partial charge in [-0.15, -0.1) is 0 Å². The monoisotopic (exact) mass is 322 g/mol. The highest BCUT2D eigenvalue weighted by atomic mass is 127. The molecule has 0 saturated heterocycles. The summed E-state index contributed by atoms with van der Waals surface area (Å²) in [5, 5.41) is 0. The molecular weight excluding hydrogens is 306 g/mol. The van der Waals surface area contributed by atoms with Crippen molar-refractivity contribution in [1.29, 1.82) is 0 Å². The Hall–Kier alpha value is -0.320. The molecule has 3 heteroatoms. The highest BCUT2D eigenvalue weighted by Crippen LogP contribution is 2.31. The molecule has 84 valence electrons. The van der Waals surface area contributed by atoms with Crippen molar-refractivity contribution in [2.45, 2.75) is 39.7 Å². The van der Waals surface area contributed by atoms with Crippen molar-refractivity contribution < 1.29 is 9.13 Å². The van der Waals surface area contributed by atoms with Crippen LogP contribution in [0.4, 0.5) is 4.39 Å². The molecule has 0 aliphatic carbocycles. The Morgan fingerprint density at radius 3 is 2.27 bits per heavy atom. The lowest BCUT2D eigenvalue weighted by molar-refractivity contribution is 0.237. The van der Waals surface area contributed by atoms with E-state index in [1.807, 2.05) is 33.8 Å². The van der Waals surface area contributed by atoms with E-state index in [9.17, 15) is 4.39 Å². The molecule has 0 atom stereocenters. The molecule has 0 radical (unpaired) electrons. The summed E-state index contributed by atoms with van der Waals surface area (Å²) < 4.78 is 20.2. The number of rotatable bonds is 3. The number of benzene rings is 1. The fourth-order valence-corrected chi connectivity index (χ4v) is 2.03. The fraction of sp³-hybridized carbons (Fsp3) is 0.500. The van der Waals surface area contributed by atoms with Crippen LogP contribution in [0.3, 0.4) is 0 Å². The summed E-state index contributed by atoms with van der Waals surface area (Å²) in [5.74, 6) is 0.632. The van der Waals surface area contributed by atoms with Crippen molar-refractivity contribution in [1.82, 2.24) is 0 Å². The molecule has 15 heavy (non-hydrogen) atoms. The molecule has 0 saturated carbocycles. The molecule has 0 bridgehead atoms. The van der Waals surface area contributed by atoms with Gasteiger partial charge < -0.3 is 4.74 Å². The highest BCUT2D eigenvalue weighted by molar-refractivity contribution is 14.1. The molecule has 0 aliphatic rings. The van der Waals surface area contributed by atoms with Gasteiger partial charge >= 0.3 is 0 Å². The summed E-state index contributed by atoms with van der Waals surface area (Å²) in [7, 11) is 0. The van der Waals surface area contributed by atoms with E-state index in [-0.39, 0.29) is 17.8 Å². The minimum absolute atomic E-state index is 0.0695. The second kappa shape index (κ2) is 5.14. The number of hydrogen-bond donors (Lipinski definition) is 0. The summed E-state index contributed by atoms with van der Waals surface area (Å²) in [5.41, 5.74) is 0.670. The molecule has 0 aromatic heterocycles. The first-order chi connectivity index (χ1) is 6.91. The van der Waals surface area contributed by atoms with Crippen LogP contribution in [0.1, 0.15) is 39.2 Å². The van der Waals surface area contributed by atoms with Gasteiger partial charge in [0.05, 0.1) is 6.10 Å². The van der Waals surface area contributed by atoms with Crippen molar-refractivity contribution >= 4 is 22.6 Å². The average molecular weight is 322 g/mol. The molecule has 1 nitrogen and oxygen atoms in total. The van der Waals surface area contributed by atoms with E-state index in [0.29, 0.717) is 11.3 Å². The van der Waals surface area contributed by atoms with Gasteiger partial charge in [-0.05, 0) is 54.5 Å². The molecule has 0 N–H and O–H groups in total. The summed E-state index contributed by atoms with van der Waals surface area (Å²) >= 11 is 2.10. The van der Waals surface area contributed by atoms with E-state index in [0.717, 1.165) is 3.57 Å². The van der Waals surface area contributed by atoms with E-state index in [2.05, 4.69) is 22.6 Å². The predicted molar refractivity (Wildman–Crippen MR) is 69.0 cm³/mol. The van der Waals surface area contributed by atoms with Gasteiger partial charge in [0.1, 0.15) is 11.6 Å². The second-order valence-corrected chi connectivity index (χ2v) is 5.37. The lowest BCUT2D eigenvalue weighted by Crippen LogP contribution is -2.09. The molecule has 0 amide bonds. The third-order valence-electron chi connectivity index (χ3n) is 2.00. The molecule has 0 aliphatic heterocycles.